The molecule has 0 aliphatic heterocycles. The lowest BCUT2D eigenvalue weighted by Gasteiger charge is -2.19. The van der Waals surface area contributed by atoms with Gasteiger partial charge in [-0.2, -0.15) is 0 Å². The van der Waals surface area contributed by atoms with Crippen LogP contribution in [0.4, 0.5) is 4.39 Å². The fraction of sp³-hybridized carbons (Fsp3) is 0.294. The summed E-state index contributed by atoms with van der Waals surface area (Å²) in [7, 11) is 0. The number of halogens is 2. The third kappa shape index (κ3) is 3.47. The molecule has 0 bridgehead atoms. The van der Waals surface area contributed by atoms with E-state index >= 15 is 0 Å². The highest BCUT2D eigenvalue weighted by Crippen LogP contribution is 2.41. The van der Waals surface area contributed by atoms with Crippen molar-refractivity contribution < 1.29 is 4.39 Å². The summed E-state index contributed by atoms with van der Waals surface area (Å²) in [5.41, 5.74) is 2.44. The van der Waals surface area contributed by atoms with Crippen LogP contribution in [0.2, 0.25) is 0 Å². The van der Waals surface area contributed by atoms with E-state index in [9.17, 15) is 4.39 Å². The minimum absolute atomic E-state index is 0.171. The average molecular weight is 334 g/mol. The molecule has 3 heteroatoms. The highest BCUT2D eigenvalue weighted by molar-refractivity contribution is 9.10. The van der Waals surface area contributed by atoms with Crippen molar-refractivity contribution in [1.29, 1.82) is 0 Å². The third-order valence-electron chi connectivity index (χ3n) is 3.74. The number of rotatable bonds is 5. The summed E-state index contributed by atoms with van der Waals surface area (Å²) >= 11 is 3.49. The van der Waals surface area contributed by atoms with Crippen LogP contribution in [-0.4, -0.2) is 0 Å². The Morgan fingerprint density at radius 2 is 1.90 bits per heavy atom. The van der Waals surface area contributed by atoms with E-state index in [1.54, 1.807) is 12.1 Å². The normalized spacial score (nSPS) is 16.1. The highest BCUT2D eigenvalue weighted by Gasteiger charge is 2.31. The van der Waals surface area contributed by atoms with E-state index in [1.165, 1.54) is 24.0 Å². The molecule has 20 heavy (non-hydrogen) atoms. The van der Waals surface area contributed by atoms with Crippen molar-refractivity contribution in [2.75, 3.05) is 0 Å². The van der Waals surface area contributed by atoms with E-state index in [0.717, 1.165) is 11.0 Å². The molecular formula is C17H17BrFN. The minimum Gasteiger partial charge on any atom is -0.306 e. The summed E-state index contributed by atoms with van der Waals surface area (Å²) in [5.74, 6) is 0.517. The second kappa shape index (κ2) is 6.06. The maximum Gasteiger partial charge on any atom is 0.123 e. The topological polar surface area (TPSA) is 12.0 Å². The number of nitrogens with one attached hydrogen (secondary N) is 1. The van der Waals surface area contributed by atoms with Crippen LogP contribution in [0.15, 0.2) is 53.0 Å². The van der Waals surface area contributed by atoms with Gasteiger partial charge in [-0.25, -0.2) is 4.39 Å². The molecular weight excluding hydrogens is 317 g/mol. The summed E-state index contributed by atoms with van der Waals surface area (Å²) in [4.78, 5) is 0. The van der Waals surface area contributed by atoms with E-state index in [0.29, 0.717) is 12.0 Å². The maximum atomic E-state index is 13.0. The lowest BCUT2D eigenvalue weighted by Crippen LogP contribution is -2.22. The van der Waals surface area contributed by atoms with Crippen LogP contribution in [0.3, 0.4) is 0 Å². The summed E-state index contributed by atoms with van der Waals surface area (Å²) < 4.78 is 14.1. The van der Waals surface area contributed by atoms with Gasteiger partial charge in [0.15, 0.2) is 0 Å². The van der Waals surface area contributed by atoms with Gasteiger partial charge in [-0.1, -0.05) is 40.2 Å². The maximum absolute atomic E-state index is 13.0. The van der Waals surface area contributed by atoms with Gasteiger partial charge >= 0.3 is 0 Å². The predicted molar refractivity (Wildman–Crippen MR) is 82.8 cm³/mol. The van der Waals surface area contributed by atoms with Crippen molar-refractivity contribution >= 4 is 15.9 Å². The largest absolute Gasteiger partial charge is 0.306 e. The molecule has 0 heterocycles. The molecule has 1 nitrogen and oxygen atoms in total. The van der Waals surface area contributed by atoms with Gasteiger partial charge in [-0.05, 0) is 54.2 Å². The van der Waals surface area contributed by atoms with E-state index in [-0.39, 0.29) is 5.82 Å². The van der Waals surface area contributed by atoms with Gasteiger partial charge in [0.2, 0.25) is 0 Å². The van der Waals surface area contributed by atoms with E-state index in [2.05, 4.69) is 33.4 Å². The van der Waals surface area contributed by atoms with Gasteiger partial charge in [0, 0.05) is 17.1 Å². The zero-order chi connectivity index (χ0) is 13.9. The SMILES string of the molecule is Fc1ccc(C(NCc2cccc(Br)c2)C2CC2)cc1. The number of hydrogen-bond acceptors (Lipinski definition) is 1. The Hall–Kier alpha value is -1.19. The van der Waals surface area contributed by atoms with Crippen LogP contribution in [0.25, 0.3) is 0 Å². The van der Waals surface area contributed by atoms with Crippen molar-refractivity contribution in [1.82, 2.24) is 5.32 Å². The zero-order valence-electron chi connectivity index (χ0n) is 11.2. The molecule has 1 atom stereocenters. The Morgan fingerprint density at radius 1 is 1.15 bits per heavy atom. The van der Waals surface area contributed by atoms with Gasteiger partial charge in [0.05, 0.1) is 0 Å². The van der Waals surface area contributed by atoms with Gasteiger partial charge in [0.1, 0.15) is 5.82 Å². The van der Waals surface area contributed by atoms with Gasteiger partial charge in [-0.15, -0.1) is 0 Å². The molecule has 1 unspecified atom stereocenters. The number of hydrogen-bond donors (Lipinski definition) is 1. The monoisotopic (exact) mass is 333 g/mol. The molecule has 0 saturated heterocycles. The summed E-state index contributed by atoms with van der Waals surface area (Å²) in [6.07, 6.45) is 2.51. The van der Waals surface area contributed by atoms with Gasteiger partial charge < -0.3 is 5.32 Å². The molecule has 0 spiro atoms. The van der Waals surface area contributed by atoms with Gasteiger partial charge in [0.25, 0.3) is 0 Å². The molecule has 1 saturated carbocycles. The van der Waals surface area contributed by atoms with Crippen molar-refractivity contribution in [2.24, 2.45) is 5.92 Å². The molecule has 1 aliphatic rings. The van der Waals surface area contributed by atoms with Crippen molar-refractivity contribution in [2.45, 2.75) is 25.4 Å². The summed E-state index contributed by atoms with van der Waals surface area (Å²) in [6.45, 7) is 0.831. The zero-order valence-corrected chi connectivity index (χ0v) is 12.7. The lowest BCUT2D eigenvalue weighted by molar-refractivity contribution is 0.479. The second-order valence-electron chi connectivity index (χ2n) is 5.38. The Morgan fingerprint density at radius 3 is 2.55 bits per heavy atom. The van der Waals surface area contributed by atoms with Crippen LogP contribution in [0.5, 0.6) is 0 Å². The van der Waals surface area contributed by atoms with Crippen LogP contribution in [0.1, 0.15) is 30.0 Å². The van der Waals surface area contributed by atoms with Crippen LogP contribution >= 0.6 is 15.9 Å². The fourth-order valence-electron chi connectivity index (χ4n) is 2.53. The fourth-order valence-corrected chi connectivity index (χ4v) is 2.98. The van der Waals surface area contributed by atoms with Crippen molar-refractivity contribution in [3.63, 3.8) is 0 Å². The molecule has 0 radical (unpaired) electrons. The third-order valence-corrected chi connectivity index (χ3v) is 4.23. The van der Waals surface area contributed by atoms with Crippen LogP contribution in [0, 0.1) is 11.7 Å². The average Bonchev–Trinajstić information content (AvgIpc) is 3.26. The molecule has 1 aliphatic carbocycles. The highest BCUT2D eigenvalue weighted by atomic mass is 79.9. The van der Waals surface area contributed by atoms with Crippen molar-refractivity contribution in [3.8, 4) is 0 Å². The predicted octanol–water partition coefficient (Wildman–Crippen LogP) is 4.83. The minimum atomic E-state index is -0.171. The first kappa shape index (κ1) is 13.8. The molecule has 1 fully saturated rings. The Kier molecular flexibility index (Phi) is 4.18. The first-order valence-corrected chi connectivity index (χ1v) is 7.75. The Bertz CT molecular complexity index is 578. The quantitative estimate of drug-likeness (QED) is 0.826. The first-order valence-electron chi connectivity index (χ1n) is 6.95. The molecule has 0 amide bonds. The standard InChI is InChI=1S/C17H17BrFN/c18-15-3-1-2-12(10-15)11-20-17(13-4-5-13)14-6-8-16(19)9-7-14/h1-3,6-10,13,17,20H,4-5,11H2. The molecule has 2 aromatic carbocycles. The number of benzene rings is 2. The Balaban J connectivity index is 1.70. The first-order chi connectivity index (χ1) is 9.72. The molecule has 3 rings (SSSR count). The molecule has 0 aromatic heterocycles. The van der Waals surface area contributed by atoms with Crippen LogP contribution < -0.4 is 5.32 Å². The molecule has 104 valence electrons. The molecule has 1 N–H and O–H groups in total. The smallest absolute Gasteiger partial charge is 0.123 e. The lowest BCUT2D eigenvalue weighted by atomic mass is 10.0. The Labute approximate surface area is 127 Å². The summed E-state index contributed by atoms with van der Waals surface area (Å²) in [6, 6.07) is 15.5. The van der Waals surface area contributed by atoms with E-state index < -0.39 is 0 Å². The van der Waals surface area contributed by atoms with Crippen molar-refractivity contribution in [3.05, 3.63) is 69.9 Å². The van der Waals surface area contributed by atoms with E-state index in [1.807, 2.05) is 24.3 Å². The second-order valence-corrected chi connectivity index (χ2v) is 6.29. The molecule has 2 aromatic rings. The van der Waals surface area contributed by atoms with E-state index in [4.69, 9.17) is 0 Å². The van der Waals surface area contributed by atoms with Gasteiger partial charge in [-0.3, -0.25) is 0 Å². The summed E-state index contributed by atoms with van der Waals surface area (Å²) in [5, 5.41) is 3.62. The van der Waals surface area contributed by atoms with Crippen LogP contribution in [-0.2, 0) is 6.54 Å².